The van der Waals surface area contributed by atoms with Gasteiger partial charge in [-0.25, -0.2) is 0 Å². The number of benzene rings is 1. The first-order valence-corrected chi connectivity index (χ1v) is 4.71. The van der Waals surface area contributed by atoms with Gasteiger partial charge >= 0.3 is 0 Å². The van der Waals surface area contributed by atoms with Crippen molar-refractivity contribution in [3.05, 3.63) is 54.5 Å². The van der Waals surface area contributed by atoms with Gasteiger partial charge in [-0.2, -0.15) is 0 Å². The van der Waals surface area contributed by atoms with E-state index < -0.39 is 0 Å². The van der Waals surface area contributed by atoms with E-state index in [0.717, 1.165) is 5.69 Å². The molecule has 0 atom stereocenters. The minimum absolute atomic E-state index is 0.490. The highest BCUT2D eigenvalue weighted by Crippen LogP contribution is 2.13. The Morgan fingerprint density at radius 1 is 1.40 bits per heavy atom. The van der Waals surface area contributed by atoms with Gasteiger partial charge < -0.3 is 4.74 Å². The predicted molar refractivity (Wildman–Crippen MR) is 64.4 cm³/mol. The van der Waals surface area contributed by atoms with E-state index in [1.165, 1.54) is 5.56 Å². The van der Waals surface area contributed by atoms with Crippen molar-refractivity contribution in [1.29, 1.82) is 0 Å². The van der Waals surface area contributed by atoms with E-state index in [0.29, 0.717) is 11.5 Å². The van der Waals surface area contributed by atoms with Crippen LogP contribution < -0.4 is 0 Å². The lowest BCUT2D eigenvalue weighted by Gasteiger charge is -2.02. The molecule has 1 aromatic carbocycles. The fourth-order valence-corrected chi connectivity index (χ4v) is 1.10. The molecule has 0 heterocycles. The van der Waals surface area contributed by atoms with Crippen molar-refractivity contribution in [3.63, 3.8) is 0 Å². The molecule has 0 radical (unpaired) electrons. The smallest absolute Gasteiger partial charge is 0.137 e. The first kappa shape index (κ1) is 11.2. The molecule has 0 amide bonds. The molecule has 2 nitrogen and oxygen atoms in total. The van der Waals surface area contributed by atoms with Gasteiger partial charge in [0.1, 0.15) is 5.76 Å². The molecular formula is C13H15NO. The van der Waals surface area contributed by atoms with Crippen molar-refractivity contribution in [2.24, 2.45) is 4.99 Å². The number of rotatable bonds is 4. The van der Waals surface area contributed by atoms with Crippen LogP contribution in [0.4, 0.5) is 5.69 Å². The molecule has 78 valence electrons. The summed E-state index contributed by atoms with van der Waals surface area (Å²) >= 11 is 0. The van der Waals surface area contributed by atoms with Gasteiger partial charge in [0.2, 0.25) is 0 Å². The minimum Gasteiger partial charge on any atom is -0.462 e. The summed E-state index contributed by atoms with van der Waals surface area (Å²) in [7, 11) is 0. The van der Waals surface area contributed by atoms with Crippen LogP contribution in [0.1, 0.15) is 12.5 Å². The summed E-state index contributed by atoms with van der Waals surface area (Å²) in [5.74, 6) is 1.10. The fraction of sp³-hybridized carbons (Fsp3) is 0.154. The van der Waals surface area contributed by atoms with Gasteiger partial charge in [0, 0.05) is 0 Å². The normalized spacial score (nSPS) is 10.3. The Hall–Kier alpha value is -1.83. The van der Waals surface area contributed by atoms with E-state index in [4.69, 9.17) is 4.74 Å². The molecular weight excluding hydrogens is 186 g/mol. The second-order valence-corrected chi connectivity index (χ2v) is 3.37. The van der Waals surface area contributed by atoms with Crippen LogP contribution in [-0.2, 0) is 4.74 Å². The summed E-state index contributed by atoms with van der Waals surface area (Å²) in [6.45, 7) is 11.1. The fourth-order valence-electron chi connectivity index (χ4n) is 1.10. The third-order valence-electron chi connectivity index (χ3n) is 1.66. The lowest BCUT2D eigenvalue weighted by molar-refractivity contribution is 0.337. The number of nitrogens with zero attached hydrogens (tertiary/aromatic N) is 1. The van der Waals surface area contributed by atoms with E-state index in [-0.39, 0.29) is 0 Å². The maximum Gasteiger partial charge on any atom is 0.137 e. The van der Waals surface area contributed by atoms with Crippen molar-refractivity contribution >= 4 is 11.9 Å². The molecule has 0 aliphatic carbocycles. The molecule has 1 aromatic rings. The van der Waals surface area contributed by atoms with Crippen LogP contribution in [0.15, 0.2) is 53.9 Å². The molecule has 0 saturated heterocycles. The van der Waals surface area contributed by atoms with Gasteiger partial charge in [0.25, 0.3) is 0 Å². The molecule has 0 aromatic heterocycles. The standard InChI is InChI=1S/C13H15NO/c1-10(2)15-12(4)9-14-13-7-5-6-11(3)8-13/h5-9H,1,4H2,2-3H3. The van der Waals surface area contributed by atoms with Gasteiger partial charge in [-0.15, -0.1) is 0 Å². The zero-order chi connectivity index (χ0) is 11.3. The molecule has 0 unspecified atom stereocenters. The van der Waals surface area contributed by atoms with E-state index in [1.54, 1.807) is 13.1 Å². The summed E-state index contributed by atoms with van der Waals surface area (Å²) in [6, 6.07) is 7.91. The lowest BCUT2D eigenvalue weighted by atomic mass is 10.2. The van der Waals surface area contributed by atoms with Crippen LogP contribution in [0.5, 0.6) is 0 Å². The lowest BCUT2D eigenvalue weighted by Crippen LogP contribution is -1.87. The summed E-state index contributed by atoms with van der Waals surface area (Å²) in [6.07, 6.45) is 1.59. The molecule has 0 fully saturated rings. The number of ether oxygens (including phenoxy) is 1. The monoisotopic (exact) mass is 201 g/mol. The van der Waals surface area contributed by atoms with E-state index in [2.05, 4.69) is 18.2 Å². The van der Waals surface area contributed by atoms with Crippen molar-refractivity contribution in [3.8, 4) is 0 Å². The van der Waals surface area contributed by atoms with Crippen LogP contribution in [0.3, 0.4) is 0 Å². The summed E-state index contributed by atoms with van der Waals surface area (Å²) < 4.78 is 5.16. The van der Waals surface area contributed by atoms with Gasteiger partial charge in [0.05, 0.1) is 17.7 Å². The number of allylic oxidation sites excluding steroid dienone is 2. The van der Waals surface area contributed by atoms with Gasteiger partial charge in [-0.1, -0.05) is 25.3 Å². The molecule has 2 heteroatoms. The molecule has 0 aliphatic rings. The molecule has 0 bridgehead atoms. The first-order chi connectivity index (χ1) is 7.08. The summed E-state index contributed by atoms with van der Waals surface area (Å²) in [5, 5.41) is 0. The maximum atomic E-state index is 5.16. The minimum atomic E-state index is 0.490. The van der Waals surface area contributed by atoms with Gasteiger partial charge in [-0.05, 0) is 31.5 Å². The van der Waals surface area contributed by atoms with Crippen molar-refractivity contribution in [1.82, 2.24) is 0 Å². The van der Waals surface area contributed by atoms with Crippen LogP contribution in [0.2, 0.25) is 0 Å². The Bertz CT molecular complexity index is 405. The second-order valence-electron chi connectivity index (χ2n) is 3.37. The Labute approximate surface area is 90.6 Å². The van der Waals surface area contributed by atoms with E-state index >= 15 is 0 Å². The summed E-state index contributed by atoms with van der Waals surface area (Å²) in [5.41, 5.74) is 2.07. The Morgan fingerprint density at radius 3 is 2.73 bits per heavy atom. The highest BCUT2D eigenvalue weighted by atomic mass is 16.5. The summed E-state index contributed by atoms with van der Waals surface area (Å²) in [4.78, 5) is 4.23. The van der Waals surface area contributed by atoms with Gasteiger partial charge in [0.15, 0.2) is 0 Å². The third kappa shape index (κ3) is 4.27. The van der Waals surface area contributed by atoms with E-state index in [1.807, 2.05) is 31.2 Å². The molecule has 0 spiro atoms. The molecule has 15 heavy (non-hydrogen) atoms. The first-order valence-electron chi connectivity index (χ1n) is 4.71. The SMILES string of the molecule is C=C(C)OC(=C)C=Nc1cccc(C)c1. The second kappa shape index (κ2) is 5.15. The quantitative estimate of drug-likeness (QED) is 0.537. The number of aryl methyl sites for hydroxylation is 1. The van der Waals surface area contributed by atoms with Gasteiger partial charge in [-0.3, -0.25) is 4.99 Å². The number of aliphatic imine (C=N–C) groups is 1. The molecule has 0 N–H and O–H groups in total. The average Bonchev–Trinajstić information content (AvgIpc) is 2.14. The number of hydrogen-bond donors (Lipinski definition) is 0. The number of hydrogen-bond acceptors (Lipinski definition) is 2. The van der Waals surface area contributed by atoms with Crippen LogP contribution in [-0.4, -0.2) is 6.21 Å². The molecule has 0 saturated carbocycles. The van der Waals surface area contributed by atoms with Crippen molar-refractivity contribution < 1.29 is 4.74 Å². The highest BCUT2D eigenvalue weighted by Gasteiger charge is 1.91. The third-order valence-corrected chi connectivity index (χ3v) is 1.66. The maximum absolute atomic E-state index is 5.16. The van der Waals surface area contributed by atoms with Crippen LogP contribution in [0.25, 0.3) is 0 Å². The average molecular weight is 201 g/mol. The van der Waals surface area contributed by atoms with Crippen molar-refractivity contribution in [2.75, 3.05) is 0 Å². The van der Waals surface area contributed by atoms with E-state index in [9.17, 15) is 0 Å². The topological polar surface area (TPSA) is 21.6 Å². The zero-order valence-corrected chi connectivity index (χ0v) is 9.16. The van der Waals surface area contributed by atoms with Crippen LogP contribution >= 0.6 is 0 Å². The highest BCUT2D eigenvalue weighted by molar-refractivity contribution is 5.78. The predicted octanol–water partition coefficient (Wildman–Crippen LogP) is 3.76. The molecule has 0 aliphatic heterocycles. The Kier molecular flexibility index (Phi) is 3.86. The Morgan fingerprint density at radius 2 is 2.13 bits per heavy atom. The zero-order valence-electron chi connectivity index (χ0n) is 9.16. The molecule has 1 rings (SSSR count). The van der Waals surface area contributed by atoms with Crippen molar-refractivity contribution in [2.45, 2.75) is 13.8 Å². The largest absolute Gasteiger partial charge is 0.462 e. The van der Waals surface area contributed by atoms with Crippen LogP contribution in [0, 0.1) is 6.92 Å². The Balaban J connectivity index is 2.65.